The SMILES string of the molecule is CCN1CC(NC(=O)N2CCN(C(=O)c3ccc(OC)cc3)CC2)CC1=O. The van der Waals surface area contributed by atoms with E-state index in [4.69, 9.17) is 4.74 Å². The Labute approximate surface area is 159 Å². The van der Waals surface area contributed by atoms with Crippen LogP contribution in [0.4, 0.5) is 4.79 Å². The van der Waals surface area contributed by atoms with Gasteiger partial charge in [-0.2, -0.15) is 0 Å². The second-order valence-electron chi connectivity index (χ2n) is 6.79. The molecule has 1 aromatic carbocycles. The highest BCUT2D eigenvalue weighted by atomic mass is 16.5. The maximum absolute atomic E-state index is 12.6. The number of likely N-dealkylation sites (tertiary alicyclic amines) is 1. The lowest BCUT2D eigenvalue weighted by Gasteiger charge is -2.35. The van der Waals surface area contributed by atoms with Gasteiger partial charge in [-0.1, -0.05) is 0 Å². The van der Waals surface area contributed by atoms with Crippen molar-refractivity contribution in [2.75, 3.05) is 46.4 Å². The van der Waals surface area contributed by atoms with Crippen molar-refractivity contribution >= 4 is 17.8 Å². The van der Waals surface area contributed by atoms with Crippen LogP contribution in [0.15, 0.2) is 24.3 Å². The summed E-state index contributed by atoms with van der Waals surface area (Å²) in [4.78, 5) is 42.0. The van der Waals surface area contributed by atoms with E-state index in [2.05, 4.69) is 5.32 Å². The van der Waals surface area contributed by atoms with Gasteiger partial charge in [-0.25, -0.2) is 4.79 Å². The lowest BCUT2D eigenvalue weighted by Crippen LogP contribution is -2.54. The van der Waals surface area contributed by atoms with Crippen LogP contribution in [0, 0.1) is 0 Å². The molecule has 2 saturated heterocycles. The van der Waals surface area contributed by atoms with Gasteiger partial charge in [0, 0.05) is 51.3 Å². The Morgan fingerprint density at radius 2 is 1.74 bits per heavy atom. The molecule has 1 aromatic rings. The van der Waals surface area contributed by atoms with E-state index in [-0.39, 0.29) is 23.9 Å². The highest BCUT2D eigenvalue weighted by Crippen LogP contribution is 2.15. The van der Waals surface area contributed by atoms with Crippen molar-refractivity contribution in [3.05, 3.63) is 29.8 Å². The molecule has 0 spiro atoms. The minimum Gasteiger partial charge on any atom is -0.497 e. The summed E-state index contributed by atoms with van der Waals surface area (Å²) in [6, 6.07) is 6.72. The molecule has 0 radical (unpaired) electrons. The number of amides is 4. The van der Waals surface area contributed by atoms with Gasteiger partial charge in [0.15, 0.2) is 0 Å². The number of ether oxygens (including phenoxy) is 1. The van der Waals surface area contributed by atoms with Crippen molar-refractivity contribution in [2.24, 2.45) is 0 Å². The van der Waals surface area contributed by atoms with Crippen molar-refractivity contribution in [1.29, 1.82) is 0 Å². The zero-order valence-electron chi connectivity index (χ0n) is 15.8. The molecule has 0 bridgehead atoms. The molecule has 146 valence electrons. The summed E-state index contributed by atoms with van der Waals surface area (Å²) in [6.45, 7) is 5.10. The fraction of sp³-hybridized carbons (Fsp3) is 0.526. The smallest absolute Gasteiger partial charge is 0.317 e. The topological polar surface area (TPSA) is 82.2 Å². The summed E-state index contributed by atoms with van der Waals surface area (Å²) in [5.74, 6) is 0.746. The van der Waals surface area contributed by atoms with Crippen LogP contribution in [0.1, 0.15) is 23.7 Å². The molecule has 8 nitrogen and oxygen atoms in total. The molecule has 0 aromatic heterocycles. The number of hydrogen-bond donors (Lipinski definition) is 1. The molecule has 1 atom stereocenters. The lowest BCUT2D eigenvalue weighted by atomic mass is 10.1. The van der Waals surface area contributed by atoms with Gasteiger partial charge in [0.1, 0.15) is 5.75 Å². The third kappa shape index (κ3) is 4.32. The van der Waals surface area contributed by atoms with E-state index in [0.717, 1.165) is 0 Å². The van der Waals surface area contributed by atoms with Gasteiger partial charge in [-0.05, 0) is 31.2 Å². The second-order valence-corrected chi connectivity index (χ2v) is 6.79. The monoisotopic (exact) mass is 374 g/mol. The van der Waals surface area contributed by atoms with Crippen LogP contribution in [0.5, 0.6) is 5.75 Å². The van der Waals surface area contributed by atoms with E-state index in [9.17, 15) is 14.4 Å². The predicted molar refractivity (Wildman–Crippen MR) is 99.7 cm³/mol. The maximum atomic E-state index is 12.6. The first kappa shape index (κ1) is 19.0. The summed E-state index contributed by atoms with van der Waals surface area (Å²) in [7, 11) is 1.59. The number of carbonyl (C=O) groups excluding carboxylic acids is 3. The van der Waals surface area contributed by atoms with Crippen molar-refractivity contribution < 1.29 is 19.1 Å². The Bertz CT molecular complexity index is 698. The molecule has 8 heteroatoms. The van der Waals surface area contributed by atoms with E-state index in [1.807, 2.05) is 6.92 Å². The Kier molecular flexibility index (Phi) is 5.83. The average Bonchev–Trinajstić information content (AvgIpc) is 3.06. The molecule has 3 rings (SSSR count). The van der Waals surface area contributed by atoms with Gasteiger partial charge in [0.25, 0.3) is 5.91 Å². The lowest BCUT2D eigenvalue weighted by molar-refractivity contribution is -0.127. The number of likely N-dealkylation sites (N-methyl/N-ethyl adjacent to an activating group) is 1. The summed E-state index contributed by atoms with van der Waals surface area (Å²) < 4.78 is 5.11. The molecule has 2 fully saturated rings. The quantitative estimate of drug-likeness (QED) is 0.845. The van der Waals surface area contributed by atoms with Gasteiger partial charge >= 0.3 is 6.03 Å². The van der Waals surface area contributed by atoms with Gasteiger partial charge in [-0.15, -0.1) is 0 Å². The third-order valence-electron chi connectivity index (χ3n) is 5.11. The second kappa shape index (κ2) is 8.28. The van der Waals surface area contributed by atoms with Crippen LogP contribution in [-0.2, 0) is 4.79 Å². The number of benzene rings is 1. The van der Waals surface area contributed by atoms with Crippen molar-refractivity contribution in [1.82, 2.24) is 20.0 Å². The number of nitrogens with one attached hydrogen (secondary N) is 1. The van der Waals surface area contributed by atoms with Crippen LogP contribution in [0.2, 0.25) is 0 Å². The predicted octanol–water partition coefficient (Wildman–Crippen LogP) is 0.783. The molecule has 27 heavy (non-hydrogen) atoms. The summed E-state index contributed by atoms with van der Waals surface area (Å²) >= 11 is 0. The molecule has 4 amide bonds. The van der Waals surface area contributed by atoms with E-state index in [0.29, 0.717) is 57.0 Å². The van der Waals surface area contributed by atoms with Gasteiger partial charge in [0.2, 0.25) is 5.91 Å². The van der Waals surface area contributed by atoms with Crippen LogP contribution in [0.25, 0.3) is 0 Å². The number of hydrogen-bond acceptors (Lipinski definition) is 4. The Morgan fingerprint density at radius 1 is 1.11 bits per heavy atom. The van der Waals surface area contributed by atoms with Gasteiger partial charge in [0.05, 0.1) is 13.2 Å². The molecular weight excluding hydrogens is 348 g/mol. The first-order valence-electron chi connectivity index (χ1n) is 9.28. The summed E-state index contributed by atoms with van der Waals surface area (Å²) in [6.07, 6.45) is 0.357. The molecular formula is C19H26N4O4. The average molecular weight is 374 g/mol. The van der Waals surface area contributed by atoms with Crippen molar-refractivity contribution in [3.63, 3.8) is 0 Å². The van der Waals surface area contributed by atoms with Crippen LogP contribution in [-0.4, -0.2) is 85.0 Å². The molecule has 2 heterocycles. The van der Waals surface area contributed by atoms with Gasteiger partial charge < -0.3 is 24.8 Å². The van der Waals surface area contributed by atoms with E-state index >= 15 is 0 Å². The fourth-order valence-corrected chi connectivity index (χ4v) is 3.47. The number of methoxy groups -OCH3 is 1. The zero-order chi connectivity index (χ0) is 19.4. The van der Waals surface area contributed by atoms with E-state index in [1.165, 1.54) is 0 Å². The fourth-order valence-electron chi connectivity index (χ4n) is 3.47. The highest BCUT2D eigenvalue weighted by Gasteiger charge is 2.31. The minimum atomic E-state index is -0.165. The largest absolute Gasteiger partial charge is 0.497 e. The van der Waals surface area contributed by atoms with E-state index in [1.54, 1.807) is 46.1 Å². The molecule has 1 N–H and O–H groups in total. The molecule has 2 aliphatic heterocycles. The normalized spacial score (nSPS) is 20.0. The molecule has 1 unspecified atom stereocenters. The standard InChI is InChI=1S/C19H26N4O4/c1-3-21-13-15(12-17(21)24)20-19(26)23-10-8-22(9-11-23)18(25)14-4-6-16(27-2)7-5-14/h4-7,15H,3,8-13H2,1-2H3,(H,20,26). The third-order valence-corrected chi connectivity index (χ3v) is 5.11. The number of nitrogens with zero attached hydrogens (tertiary/aromatic N) is 3. The number of piperazine rings is 1. The molecule has 2 aliphatic rings. The van der Waals surface area contributed by atoms with Crippen molar-refractivity contribution in [2.45, 2.75) is 19.4 Å². The Balaban J connectivity index is 1.48. The first-order valence-corrected chi connectivity index (χ1v) is 9.28. The van der Waals surface area contributed by atoms with E-state index < -0.39 is 0 Å². The van der Waals surface area contributed by atoms with Crippen LogP contribution < -0.4 is 10.1 Å². The maximum Gasteiger partial charge on any atom is 0.317 e. The molecule has 0 saturated carbocycles. The molecule has 0 aliphatic carbocycles. The Morgan fingerprint density at radius 3 is 2.30 bits per heavy atom. The number of rotatable bonds is 4. The first-order chi connectivity index (χ1) is 13.0. The van der Waals surface area contributed by atoms with Crippen LogP contribution >= 0.6 is 0 Å². The number of urea groups is 1. The summed E-state index contributed by atoms with van der Waals surface area (Å²) in [5, 5.41) is 2.94. The Hall–Kier alpha value is -2.77. The summed E-state index contributed by atoms with van der Waals surface area (Å²) in [5.41, 5.74) is 0.609. The highest BCUT2D eigenvalue weighted by molar-refractivity contribution is 5.94. The van der Waals surface area contributed by atoms with Gasteiger partial charge in [-0.3, -0.25) is 9.59 Å². The zero-order valence-corrected chi connectivity index (χ0v) is 15.8. The van der Waals surface area contributed by atoms with Crippen molar-refractivity contribution in [3.8, 4) is 5.75 Å². The number of carbonyl (C=O) groups is 3. The minimum absolute atomic E-state index is 0.0438. The van der Waals surface area contributed by atoms with Crippen LogP contribution in [0.3, 0.4) is 0 Å².